The molecule has 0 saturated heterocycles. The summed E-state index contributed by atoms with van der Waals surface area (Å²) < 4.78 is 5.09. The van der Waals surface area contributed by atoms with Gasteiger partial charge in [0.05, 0.1) is 6.42 Å². The standard InChI is InChI=1S/C11H14N2O2S/c1-2-4-9(14)11-12-10(15-13-11)7-8-5-3-6-16-8/h3,5-6,9,14H,2,4,7H2,1H3. The van der Waals surface area contributed by atoms with Crippen LogP contribution in [-0.4, -0.2) is 15.2 Å². The van der Waals surface area contributed by atoms with Crippen molar-refractivity contribution in [3.63, 3.8) is 0 Å². The molecule has 0 aromatic carbocycles. The van der Waals surface area contributed by atoms with Crippen molar-refractivity contribution in [3.8, 4) is 0 Å². The number of thiophene rings is 1. The maximum absolute atomic E-state index is 9.68. The first-order chi connectivity index (χ1) is 7.79. The van der Waals surface area contributed by atoms with Gasteiger partial charge in [0, 0.05) is 4.88 Å². The second-order valence-corrected chi connectivity index (χ2v) is 4.64. The van der Waals surface area contributed by atoms with Crippen molar-refractivity contribution >= 4 is 11.3 Å². The molecule has 1 N–H and O–H groups in total. The van der Waals surface area contributed by atoms with Crippen LogP contribution in [0.3, 0.4) is 0 Å². The summed E-state index contributed by atoms with van der Waals surface area (Å²) in [5.41, 5.74) is 0. The molecule has 0 aliphatic rings. The highest BCUT2D eigenvalue weighted by molar-refractivity contribution is 7.09. The van der Waals surface area contributed by atoms with E-state index in [0.717, 1.165) is 6.42 Å². The van der Waals surface area contributed by atoms with Crippen molar-refractivity contribution in [1.29, 1.82) is 0 Å². The van der Waals surface area contributed by atoms with Crippen molar-refractivity contribution in [3.05, 3.63) is 34.1 Å². The van der Waals surface area contributed by atoms with Gasteiger partial charge in [0.15, 0.2) is 5.82 Å². The van der Waals surface area contributed by atoms with Crippen LogP contribution in [-0.2, 0) is 6.42 Å². The van der Waals surface area contributed by atoms with E-state index in [-0.39, 0.29) is 0 Å². The lowest BCUT2D eigenvalue weighted by molar-refractivity contribution is 0.153. The molecule has 2 aromatic heterocycles. The summed E-state index contributed by atoms with van der Waals surface area (Å²) in [6.45, 7) is 2.01. The van der Waals surface area contributed by atoms with E-state index in [1.807, 2.05) is 24.4 Å². The molecule has 2 aromatic rings. The van der Waals surface area contributed by atoms with E-state index in [0.29, 0.717) is 24.6 Å². The van der Waals surface area contributed by atoms with Crippen LogP contribution in [0.15, 0.2) is 22.0 Å². The largest absolute Gasteiger partial charge is 0.385 e. The molecule has 5 heteroatoms. The molecule has 0 amide bonds. The minimum atomic E-state index is -0.606. The van der Waals surface area contributed by atoms with Crippen LogP contribution in [0.5, 0.6) is 0 Å². The fraction of sp³-hybridized carbons (Fsp3) is 0.455. The molecule has 0 radical (unpaired) electrons. The van der Waals surface area contributed by atoms with Gasteiger partial charge in [-0.05, 0) is 17.9 Å². The number of hydrogen-bond acceptors (Lipinski definition) is 5. The molecule has 0 aliphatic carbocycles. The monoisotopic (exact) mass is 238 g/mol. The average molecular weight is 238 g/mol. The summed E-state index contributed by atoms with van der Waals surface area (Å²) in [5.74, 6) is 0.959. The van der Waals surface area contributed by atoms with Crippen LogP contribution >= 0.6 is 11.3 Å². The summed E-state index contributed by atoms with van der Waals surface area (Å²) in [6, 6.07) is 4.01. The molecule has 0 saturated carbocycles. The zero-order chi connectivity index (χ0) is 11.4. The predicted molar refractivity (Wildman–Crippen MR) is 61.3 cm³/mol. The Bertz CT molecular complexity index is 425. The Hall–Kier alpha value is -1.20. The molecular weight excluding hydrogens is 224 g/mol. The number of aliphatic hydroxyl groups excluding tert-OH is 1. The smallest absolute Gasteiger partial charge is 0.231 e. The van der Waals surface area contributed by atoms with Gasteiger partial charge in [-0.3, -0.25) is 0 Å². The normalized spacial score (nSPS) is 12.9. The summed E-state index contributed by atoms with van der Waals surface area (Å²) in [4.78, 5) is 5.36. The van der Waals surface area contributed by atoms with Crippen molar-refractivity contribution in [2.24, 2.45) is 0 Å². The van der Waals surface area contributed by atoms with Gasteiger partial charge < -0.3 is 9.63 Å². The lowest BCUT2D eigenvalue weighted by atomic mass is 10.2. The third-order valence-electron chi connectivity index (χ3n) is 2.25. The molecule has 2 heterocycles. The van der Waals surface area contributed by atoms with Crippen molar-refractivity contribution < 1.29 is 9.63 Å². The third-order valence-corrected chi connectivity index (χ3v) is 3.13. The predicted octanol–water partition coefficient (Wildman–Crippen LogP) is 2.56. The molecule has 1 unspecified atom stereocenters. The molecule has 2 rings (SSSR count). The first kappa shape index (κ1) is 11.3. The molecule has 16 heavy (non-hydrogen) atoms. The summed E-state index contributed by atoms with van der Waals surface area (Å²) >= 11 is 1.66. The second-order valence-electron chi connectivity index (χ2n) is 3.61. The van der Waals surface area contributed by atoms with Crippen LogP contribution in [0.2, 0.25) is 0 Å². The highest BCUT2D eigenvalue weighted by Crippen LogP contribution is 2.17. The molecule has 86 valence electrons. The van der Waals surface area contributed by atoms with E-state index in [1.165, 1.54) is 4.88 Å². The van der Waals surface area contributed by atoms with E-state index in [4.69, 9.17) is 4.52 Å². The van der Waals surface area contributed by atoms with Crippen LogP contribution < -0.4 is 0 Å². The Morgan fingerprint density at radius 3 is 3.12 bits per heavy atom. The van der Waals surface area contributed by atoms with E-state index in [1.54, 1.807) is 11.3 Å². The molecular formula is C11H14N2O2S. The van der Waals surface area contributed by atoms with Gasteiger partial charge in [0.25, 0.3) is 0 Å². The van der Waals surface area contributed by atoms with Crippen LogP contribution in [0.1, 0.15) is 42.5 Å². The number of aliphatic hydroxyl groups is 1. The fourth-order valence-corrected chi connectivity index (χ4v) is 2.14. The number of rotatable bonds is 5. The van der Waals surface area contributed by atoms with Crippen molar-refractivity contribution in [2.45, 2.75) is 32.3 Å². The summed E-state index contributed by atoms with van der Waals surface area (Å²) in [7, 11) is 0. The second kappa shape index (κ2) is 5.23. The Morgan fingerprint density at radius 1 is 1.56 bits per heavy atom. The van der Waals surface area contributed by atoms with Gasteiger partial charge in [-0.15, -0.1) is 11.3 Å². The Labute approximate surface area is 97.9 Å². The first-order valence-corrected chi connectivity index (χ1v) is 6.20. The van der Waals surface area contributed by atoms with Crippen LogP contribution in [0, 0.1) is 0 Å². The maximum Gasteiger partial charge on any atom is 0.231 e. The minimum Gasteiger partial charge on any atom is -0.385 e. The number of hydrogen-bond donors (Lipinski definition) is 1. The van der Waals surface area contributed by atoms with Crippen LogP contribution in [0.4, 0.5) is 0 Å². The average Bonchev–Trinajstić information content (AvgIpc) is 2.90. The van der Waals surface area contributed by atoms with Gasteiger partial charge in [-0.2, -0.15) is 4.98 Å². The van der Waals surface area contributed by atoms with E-state index >= 15 is 0 Å². The molecule has 0 aliphatic heterocycles. The van der Waals surface area contributed by atoms with Crippen LogP contribution in [0.25, 0.3) is 0 Å². The Kier molecular flexibility index (Phi) is 3.69. The van der Waals surface area contributed by atoms with Gasteiger partial charge in [0.2, 0.25) is 5.89 Å². The van der Waals surface area contributed by atoms with Crippen molar-refractivity contribution in [2.75, 3.05) is 0 Å². The number of aromatic nitrogens is 2. The first-order valence-electron chi connectivity index (χ1n) is 5.32. The van der Waals surface area contributed by atoms with Gasteiger partial charge in [0.1, 0.15) is 6.10 Å². The lowest BCUT2D eigenvalue weighted by Crippen LogP contribution is -1.99. The highest BCUT2D eigenvalue weighted by Gasteiger charge is 2.14. The summed E-state index contributed by atoms with van der Waals surface area (Å²) in [5, 5.41) is 15.5. The minimum absolute atomic E-state index is 0.397. The van der Waals surface area contributed by atoms with E-state index < -0.39 is 6.10 Å². The van der Waals surface area contributed by atoms with E-state index in [2.05, 4.69) is 10.1 Å². The van der Waals surface area contributed by atoms with Gasteiger partial charge in [-0.1, -0.05) is 24.6 Å². The number of nitrogens with zero attached hydrogens (tertiary/aromatic N) is 2. The topological polar surface area (TPSA) is 59.2 Å². The van der Waals surface area contributed by atoms with Gasteiger partial charge >= 0.3 is 0 Å². The third kappa shape index (κ3) is 2.68. The zero-order valence-electron chi connectivity index (χ0n) is 9.09. The maximum atomic E-state index is 9.68. The molecule has 4 nitrogen and oxygen atoms in total. The highest BCUT2D eigenvalue weighted by atomic mass is 32.1. The Balaban J connectivity index is 2.02. The molecule has 0 bridgehead atoms. The molecule has 0 spiro atoms. The molecule has 0 fully saturated rings. The molecule has 1 atom stereocenters. The zero-order valence-corrected chi connectivity index (χ0v) is 9.91. The Morgan fingerprint density at radius 2 is 2.44 bits per heavy atom. The lowest BCUT2D eigenvalue weighted by Gasteiger charge is -2.01. The van der Waals surface area contributed by atoms with E-state index in [9.17, 15) is 5.11 Å². The van der Waals surface area contributed by atoms with Gasteiger partial charge in [-0.25, -0.2) is 0 Å². The SMILES string of the molecule is CCCC(O)c1noc(Cc2cccs2)n1. The fourth-order valence-electron chi connectivity index (χ4n) is 1.44. The van der Waals surface area contributed by atoms with Crippen molar-refractivity contribution in [1.82, 2.24) is 10.1 Å². The quantitative estimate of drug-likeness (QED) is 0.869. The summed E-state index contributed by atoms with van der Waals surface area (Å²) in [6.07, 6.45) is 1.60.